The predicted molar refractivity (Wildman–Crippen MR) is 121 cm³/mol. The summed E-state index contributed by atoms with van der Waals surface area (Å²) >= 11 is 1.61. The molecule has 1 atom stereocenters. The molecule has 0 amide bonds. The molecule has 4 rings (SSSR count). The topological polar surface area (TPSA) is 96.3 Å². The van der Waals surface area contributed by atoms with Crippen molar-refractivity contribution < 1.29 is 8.42 Å². The van der Waals surface area contributed by atoms with Crippen LogP contribution in [0.25, 0.3) is 0 Å². The molecule has 3 aromatic rings. The highest BCUT2D eigenvalue weighted by molar-refractivity contribution is 8.14. The van der Waals surface area contributed by atoms with Crippen LogP contribution in [0.1, 0.15) is 18.3 Å². The summed E-state index contributed by atoms with van der Waals surface area (Å²) in [5.41, 5.74) is 3.17. The number of aliphatic imine (C=N–C) groups is 1. The van der Waals surface area contributed by atoms with E-state index >= 15 is 0 Å². The number of nitrogens with zero attached hydrogens (tertiary/aromatic N) is 3. The number of hydrogen-bond donors (Lipinski definition) is 2. The second kappa shape index (κ2) is 8.08. The third-order valence-electron chi connectivity index (χ3n) is 4.44. The fourth-order valence-electron chi connectivity index (χ4n) is 3.07. The molecule has 0 spiro atoms. The van der Waals surface area contributed by atoms with Crippen LogP contribution in [0.2, 0.25) is 0 Å². The van der Waals surface area contributed by atoms with Crippen LogP contribution in [0.4, 0.5) is 17.3 Å². The predicted octanol–water partition coefficient (Wildman–Crippen LogP) is 4.53. The Morgan fingerprint density at radius 1 is 1.03 bits per heavy atom. The number of anilines is 2. The van der Waals surface area contributed by atoms with Crippen molar-refractivity contribution in [2.45, 2.75) is 36.6 Å². The molecule has 2 N–H and O–H groups in total. The number of aromatic nitrogens is 2. The van der Waals surface area contributed by atoms with Gasteiger partial charge in [0.15, 0.2) is 0 Å². The van der Waals surface area contributed by atoms with Gasteiger partial charge in [0.1, 0.15) is 5.04 Å². The first-order valence-corrected chi connectivity index (χ1v) is 11.7. The lowest BCUT2D eigenvalue weighted by molar-refractivity contribution is 0.601. The zero-order chi connectivity index (χ0) is 21.3. The van der Waals surface area contributed by atoms with Gasteiger partial charge in [-0.2, -0.15) is 0 Å². The van der Waals surface area contributed by atoms with Crippen molar-refractivity contribution in [2.75, 3.05) is 10.0 Å². The largest absolute Gasteiger partial charge is 0.375 e. The molecule has 9 heteroatoms. The number of hydrogen-bond acceptors (Lipinski definition) is 7. The minimum Gasteiger partial charge on any atom is -0.375 e. The Balaban J connectivity index is 1.54. The molecule has 0 bridgehead atoms. The number of thioether (sulfide) groups is 1. The zero-order valence-corrected chi connectivity index (χ0v) is 18.4. The zero-order valence-electron chi connectivity index (χ0n) is 16.7. The summed E-state index contributed by atoms with van der Waals surface area (Å²) in [6.07, 6.45) is 0. The molecule has 2 aromatic carbocycles. The van der Waals surface area contributed by atoms with E-state index in [1.165, 1.54) is 12.1 Å². The Bertz CT molecular complexity index is 1200. The first kappa shape index (κ1) is 20.4. The Hall–Kier alpha value is -2.91. The molecule has 0 fully saturated rings. The summed E-state index contributed by atoms with van der Waals surface area (Å²) in [4.78, 5) is 14.2. The maximum absolute atomic E-state index is 12.7. The summed E-state index contributed by atoms with van der Waals surface area (Å²) in [6, 6.07) is 16.4. The van der Waals surface area contributed by atoms with E-state index < -0.39 is 10.0 Å². The molecule has 0 aliphatic carbocycles. The molecule has 30 heavy (non-hydrogen) atoms. The average molecular weight is 440 g/mol. The number of sulfonamides is 1. The van der Waals surface area contributed by atoms with E-state index in [0.29, 0.717) is 17.1 Å². The van der Waals surface area contributed by atoms with Crippen molar-refractivity contribution in [1.29, 1.82) is 0 Å². The maximum atomic E-state index is 12.7. The number of benzene rings is 2. The highest BCUT2D eigenvalue weighted by Crippen LogP contribution is 2.35. The third kappa shape index (κ3) is 4.47. The number of rotatable bonds is 4. The van der Waals surface area contributed by atoms with Gasteiger partial charge in [0.2, 0.25) is 5.95 Å². The highest BCUT2D eigenvalue weighted by atomic mass is 32.2. The van der Waals surface area contributed by atoms with E-state index in [1.54, 1.807) is 43.8 Å². The molecule has 0 saturated carbocycles. The van der Waals surface area contributed by atoms with Crippen LogP contribution < -0.4 is 10.0 Å². The first-order chi connectivity index (χ1) is 14.3. The van der Waals surface area contributed by atoms with E-state index in [0.717, 1.165) is 15.6 Å². The Morgan fingerprint density at radius 2 is 1.70 bits per heavy atom. The normalized spacial score (nSPS) is 17.3. The van der Waals surface area contributed by atoms with Gasteiger partial charge in [-0.25, -0.2) is 28.1 Å². The van der Waals surface area contributed by atoms with Gasteiger partial charge in [-0.3, -0.25) is 0 Å². The third-order valence-corrected chi connectivity index (χ3v) is 7.01. The second-order valence-corrected chi connectivity index (χ2v) is 9.73. The molecule has 1 aliphatic heterocycles. The molecular weight excluding hydrogens is 418 g/mol. The molecule has 1 aliphatic rings. The van der Waals surface area contributed by atoms with E-state index in [1.807, 2.05) is 31.2 Å². The molecule has 154 valence electrons. The SMILES string of the molecule is Cc1cc(C)nc(NS(=O)(=O)c2ccc(N=C3Sc4ccccc4NC3C)cc2)n1. The van der Waals surface area contributed by atoms with Gasteiger partial charge in [0.05, 0.1) is 16.6 Å². The van der Waals surface area contributed by atoms with Gasteiger partial charge in [0, 0.05) is 22.0 Å². The fraction of sp³-hybridized carbons (Fsp3) is 0.190. The van der Waals surface area contributed by atoms with Gasteiger partial charge in [-0.05, 0) is 63.2 Å². The Labute approximate surface area is 180 Å². The van der Waals surface area contributed by atoms with Crippen LogP contribution in [0.3, 0.4) is 0 Å². The van der Waals surface area contributed by atoms with E-state index in [9.17, 15) is 8.42 Å². The molecule has 1 unspecified atom stereocenters. The maximum Gasteiger partial charge on any atom is 0.264 e. The molecule has 7 nitrogen and oxygen atoms in total. The summed E-state index contributed by atoms with van der Waals surface area (Å²) in [6.45, 7) is 5.63. The standard InChI is InChI=1S/C21H21N5O2S2/c1-13-12-14(2)23-21(22-13)26-30(27,28)17-10-8-16(9-11-17)25-20-15(3)24-18-6-4-5-7-19(18)29-20/h4-12,15,24H,1-3H3,(H,22,23,26). The van der Waals surface area contributed by atoms with Gasteiger partial charge in [-0.15, -0.1) is 0 Å². The minimum atomic E-state index is -3.79. The first-order valence-electron chi connectivity index (χ1n) is 9.37. The van der Waals surface area contributed by atoms with Crippen LogP contribution in [-0.4, -0.2) is 29.5 Å². The summed E-state index contributed by atoms with van der Waals surface area (Å²) < 4.78 is 27.8. The lowest BCUT2D eigenvalue weighted by Crippen LogP contribution is -2.27. The van der Waals surface area contributed by atoms with Gasteiger partial charge in [0.25, 0.3) is 10.0 Å². The monoisotopic (exact) mass is 439 g/mol. The number of para-hydroxylation sites is 1. The molecule has 0 saturated heterocycles. The van der Waals surface area contributed by atoms with E-state index in [2.05, 4.69) is 20.0 Å². The summed E-state index contributed by atoms with van der Waals surface area (Å²) in [5.74, 6) is 0.0639. The fourth-order valence-corrected chi connectivity index (χ4v) is 5.01. The van der Waals surface area contributed by atoms with Crippen LogP contribution in [0.15, 0.2) is 69.4 Å². The molecule has 1 aromatic heterocycles. The lowest BCUT2D eigenvalue weighted by atomic mass is 10.2. The number of aryl methyl sites for hydroxylation is 2. The van der Waals surface area contributed by atoms with E-state index in [4.69, 9.17) is 4.99 Å². The van der Waals surface area contributed by atoms with Crippen molar-refractivity contribution >= 4 is 44.2 Å². The Kier molecular flexibility index (Phi) is 5.48. The lowest BCUT2D eigenvalue weighted by Gasteiger charge is -2.25. The van der Waals surface area contributed by atoms with Crippen LogP contribution in [0.5, 0.6) is 0 Å². The van der Waals surface area contributed by atoms with E-state index in [-0.39, 0.29) is 16.9 Å². The Morgan fingerprint density at radius 3 is 2.40 bits per heavy atom. The molecule has 0 radical (unpaired) electrons. The summed E-state index contributed by atoms with van der Waals surface area (Å²) in [7, 11) is -3.79. The van der Waals surface area contributed by atoms with Crippen molar-refractivity contribution in [2.24, 2.45) is 4.99 Å². The van der Waals surface area contributed by atoms with Gasteiger partial charge in [-0.1, -0.05) is 23.9 Å². The average Bonchev–Trinajstić information content (AvgIpc) is 2.68. The van der Waals surface area contributed by atoms with Crippen molar-refractivity contribution in [3.05, 3.63) is 66.0 Å². The summed E-state index contributed by atoms with van der Waals surface area (Å²) in [5, 5.41) is 4.35. The van der Waals surface area contributed by atoms with Gasteiger partial charge < -0.3 is 5.32 Å². The number of fused-ring (bicyclic) bond motifs is 1. The second-order valence-electron chi connectivity index (χ2n) is 6.99. The van der Waals surface area contributed by atoms with Crippen molar-refractivity contribution in [1.82, 2.24) is 9.97 Å². The van der Waals surface area contributed by atoms with Crippen LogP contribution >= 0.6 is 11.8 Å². The van der Waals surface area contributed by atoms with Gasteiger partial charge >= 0.3 is 0 Å². The number of nitrogens with one attached hydrogen (secondary N) is 2. The van der Waals surface area contributed by atoms with Crippen molar-refractivity contribution in [3.63, 3.8) is 0 Å². The van der Waals surface area contributed by atoms with Crippen LogP contribution in [0, 0.1) is 13.8 Å². The highest BCUT2D eigenvalue weighted by Gasteiger charge is 2.21. The quantitative estimate of drug-likeness (QED) is 0.620. The minimum absolute atomic E-state index is 0.0639. The smallest absolute Gasteiger partial charge is 0.264 e. The molecular formula is C21H21N5O2S2. The van der Waals surface area contributed by atoms with Crippen LogP contribution in [-0.2, 0) is 10.0 Å². The van der Waals surface area contributed by atoms with Crippen molar-refractivity contribution in [3.8, 4) is 0 Å². The molecule has 2 heterocycles.